The van der Waals surface area contributed by atoms with Crippen molar-refractivity contribution in [3.63, 3.8) is 0 Å². The monoisotopic (exact) mass is 363 g/mol. The largest absolute Gasteiger partial charge is 4.00 e. The first-order valence-electron chi connectivity index (χ1n) is 8.15. The molecule has 2 heteroatoms. The van der Waals surface area contributed by atoms with E-state index in [0.717, 1.165) is 30.1 Å². The summed E-state index contributed by atoms with van der Waals surface area (Å²) in [5.41, 5.74) is 4.49. The van der Waals surface area contributed by atoms with Crippen LogP contribution >= 0.6 is 0 Å². The van der Waals surface area contributed by atoms with Crippen LogP contribution in [0.2, 0.25) is 0 Å². The third-order valence-corrected chi connectivity index (χ3v) is 6.47. The first-order valence-corrected chi connectivity index (χ1v) is 8.15. The zero-order chi connectivity index (χ0) is 14.6. The van der Waals surface area contributed by atoms with Gasteiger partial charge < -0.3 is 27.2 Å². The fourth-order valence-corrected chi connectivity index (χ4v) is 4.70. The van der Waals surface area contributed by atoms with Crippen molar-refractivity contribution >= 4 is 5.69 Å². The summed E-state index contributed by atoms with van der Waals surface area (Å²) in [6.07, 6.45) is 1.15. The van der Waals surface area contributed by atoms with E-state index in [1.807, 2.05) is 0 Å². The minimum Gasteiger partial charge on any atom is -0.522 e. The Hall–Kier alpha value is -0.266. The molecule has 1 aliphatic carbocycles. The Morgan fingerprint density at radius 2 is 1.38 bits per heavy atom. The van der Waals surface area contributed by atoms with Crippen LogP contribution in [0.3, 0.4) is 0 Å². The maximum atomic E-state index is 4.31. The number of hydrogen-bond acceptors (Lipinski definition) is 1. The standard InChI is InChI=1S/C19H28N.3CH3.Ti/c1-11-10-16-8-7-9-17(19(16)20(11)6)18-14(4)12(2)13(3)15(18)5;;;;/h7-9,11-15,18H,6,10H2,1-5H3;3*1H3;/q4*-1;+4. The quantitative estimate of drug-likeness (QED) is 0.423. The van der Waals surface area contributed by atoms with Crippen molar-refractivity contribution in [2.45, 2.75) is 53.0 Å². The number of fused-ring (bicyclic) bond motifs is 1. The van der Waals surface area contributed by atoms with Gasteiger partial charge in [0.2, 0.25) is 0 Å². The van der Waals surface area contributed by atoms with Gasteiger partial charge in [0.05, 0.1) is 0 Å². The van der Waals surface area contributed by atoms with Gasteiger partial charge >= 0.3 is 21.7 Å². The van der Waals surface area contributed by atoms with Crippen molar-refractivity contribution in [1.29, 1.82) is 0 Å². The molecule has 0 N–H and O–H groups in total. The minimum atomic E-state index is 0. The second-order valence-corrected chi connectivity index (χ2v) is 7.34. The van der Waals surface area contributed by atoms with Crippen LogP contribution in [0.15, 0.2) is 18.2 Å². The molecule has 0 spiro atoms. The second kappa shape index (κ2) is 9.44. The Bertz CT molecular complexity index is 499. The van der Waals surface area contributed by atoms with Crippen molar-refractivity contribution in [2.24, 2.45) is 23.7 Å². The number of hydrogen-bond donors (Lipinski definition) is 0. The van der Waals surface area contributed by atoms with E-state index in [9.17, 15) is 0 Å². The van der Waals surface area contributed by atoms with Gasteiger partial charge in [0.15, 0.2) is 0 Å². The summed E-state index contributed by atoms with van der Waals surface area (Å²) in [7, 11) is 4.31. The van der Waals surface area contributed by atoms with Crippen molar-refractivity contribution in [1.82, 2.24) is 0 Å². The van der Waals surface area contributed by atoms with Crippen LogP contribution in [0.25, 0.3) is 0 Å². The Labute approximate surface area is 167 Å². The second-order valence-electron chi connectivity index (χ2n) is 7.34. The molecule has 5 unspecified atom stereocenters. The first kappa shape index (κ1) is 26.0. The van der Waals surface area contributed by atoms with Crippen LogP contribution in [0.5, 0.6) is 0 Å². The first-order chi connectivity index (χ1) is 9.43. The molecule has 1 aliphatic heterocycles. The topological polar surface area (TPSA) is 3.24 Å². The molecular formula is C22H37NTi. The van der Waals surface area contributed by atoms with E-state index in [4.69, 9.17) is 0 Å². The normalized spacial score (nSPS) is 33.5. The van der Waals surface area contributed by atoms with E-state index in [1.54, 1.807) is 5.56 Å². The molecule has 1 saturated carbocycles. The molecule has 0 aromatic heterocycles. The third-order valence-electron chi connectivity index (χ3n) is 6.47. The SMILES string of the molecule is [CH2-]N1c2c(cccc2C2C(C)C(C)C(C)C2C)CC1C.[CH3-].[CH3-].[CH3-].[Ti+4]. The molecule has 24 heavy (non-hydrogen) atoms. The van der Waals surface area contributed by atoms with Gasteiger partial charge in [-0.15, -0.1) is 0 Å². The fourth-order valence-electron chi connectivity index (χ4n) is 4.70. The molecule has 0 bridgehead atoms. The number of rotatable bonds is 1. The molecule has 134 valence electrons. The van der Waals surface area contributed by atoms with Crippen molar-refractivity contribution in [2.75, 3.05) is 4.90 Å². The van der Waals surface area contributed by atoms with E-state index >= 15 is 0 Å². The minimum absolute atomic E-state index is 0. The van der Waals surface area contributed by atoms with Crippen LogP contribution in [-0.4, -0.2) is 6.04 Å². The Kier molecular flexibility index (Phi) is 10.2. The molecular weight excluding hydrogens is 326 g/mol. The van der Waals surface area contributed by atoms with E-state index in [1.165, 1.54) is 11.3 Å². The maximum absolute atomic E-state index is 4.31. The molecule has 1 fully saturated rings. The van der Waals surface area contributed by atoms with Crippen LogP contribution in [-0.2, 0) is 28.1 Å². The molecule has 1 heterocycles. The number of para-hydroxylation sites is 1. The summed E-state index contributed by atoms with van der Waals surface area (Å²) < 4.78 is 0. The Morgan fingerprint density at radius 1 is 0.875 bits per heavy atom. The summed E-state index contributed by atoms with van der Waals surface area (Å²) in [5, 5.41) is 0. The number of nitrogens with zero attached hydrogens (tertiary/aromatic N) is 1. The molecule has 0 amide bonds. The summed E-state index contributed by atoms with van der Waals surface area (Å²) >= 11 is 0. The van der Waals surface area contributed by atoms with E-state index in [-0.39, 0.29) is 44.0 Å². The van der Waals surface area contributed by atoms with Gasteiger partial charge in [-0.1, -0.05) is 45.9 Å². The number of anilines is 1. The van der Waals surface area contributed by atoms with Crippen LogP contribution in [0, 0.1) is 53.0 Å². The maximum Gasteiger partial charge on any atom is 4.00 e. The average molecular weight is 363 g/mol. The summed E-state index contributed by atoms with van der Waals surface area (Å²) in [6, 6.07) is 7.44. The molecule has 5 atom stereocenters. The van der Waals surface area contributed by atoms with Crippen LogP contribution in [0.1, 0.15) is 51.7 Å². The van der Waals surface area contributed by atoms with Crippen molar-refractivity contribution < 1.29 is 21.7 Å². The predicted octanol–water partition coefficient (Wildman–Crippen LogP) is 6.22. The molecule has 3 rings (SSSR count). The summed E-state index contributed by atoms with van der Waals surface area (Å²) in [4.78, 5) is 2.26. The summed E-state index contributed by atoms with van der Waals surface area (Å²) in [5.74, 6) is 3.82. The van der Waals surface area contributed by atoms with Gasteiger partial charge in [-0.25, -0.2) is 0 Å². The van der Waals surface area contributed by atoms with Crippen molar-refractivity contribution in [3.8, 4) is 0 Å². The van der Waals surface area contributed by atoms with Gasteiger partial charge in [0.1, 0.15) is 0 Å². The average Bonchev–Trinajstić information content (AvgIpc) is 2.81. The molecule has 1 nitrogen and oxygen atoms in total. The van der Waals surface area contributed by atoms with Crippen molar-refractivity contribution in [3.05, 3.63) is 58.7 Å². The molecule has 1 aromatic carbocycles. The Balaban J connectivity index is 0. The molecule has 0 radical (unpaired) electrons. The van der Waals surface area contributed by atoms with Crippen LogP contribution in [0.4, 0.5) is 5.69 Å². The van der Waals surface area contributed by atoms with Gasteiger partial charge in [0, 0.05) is 11.7 Å². The van der Waals surface area contributed by atoms with Gasteiger partial charge in [0.25, 0.3) is 0 Å². The van der Waals surface area contributed by atoms with Gasteiger partial charge in [-0.05, 0) is 54.1 Å². The third kappa shape index (κ3) is 3.78. The number of benzene rings is 1. The molecule has 2 aliphatic rings. The smallest absolute Gasteiger partial charge is 0.522 e. The molecule has 1 aromatic rings. The predicted molar refractivity (Wildman–Crippen MR) is 106 cm³/mol. The zero-order valence-electron chi connectivity index (χ0n) is 17.1. The van der Waals surface area contributed by atoms with E-state index < -0.39 is 0 Å². The molecule has 0 saturated heterocycles. The fraction of sp³-hybridized carbons (Fsp3) is 0.545. The van der Waals surface area contributed by atoms with Crippen LogP contribution < -0.4 is 4.90 Å². The van der Waals surface area contributed by atoms with Gasteiger partial charge in [-0.2, -0.15) is 0 Å². The Morgan fingerprint density at radius 3 is 1.88 bits per heavy atom. The van der Waals surface area contributed by atoms with E-state index in [2.05, 4.69) is 64.8 Å². The van der Waals surface area contributed by atoms with Gasteiger partial charge in [-0.3, -0.25) is 7.05 Å². The summed E-state index contributed by atoms with van der Waals surface area (Å²) in [6.45, 7) is 12.0. The zero-order valence-corrected chi connectivity index (χ0v) is 18.6. The van der Waals surface area contributed by atoms with E-state index in [0.29, 0.717) is 12.0 Å².